The normalized spacial score (nSPS) is 13.9. The number of pyridine rings is 1. The van der Waals surface area contributed by atoms with Gasteiger partial charge in [0.2, 0.25) is 0 Å². The van der Waals surface area contributed by atoms with Crippen molar-refractivity contribution in [1.82, 2.24) is 10.3 Å². The van der Waals surface area contributed by atoms with Crippen LogP contribution in [0.5, 0.6) is 0 Å². The van der Waals surface area contributed by atoms with E-state index in [9.17, 15) is 5.11 Å². The van der Waals surface area contributed by atoms with Gasteiger partial charge in [-0.1, -0.05) is 0 Å². The Morgan fingerprint density at radius 3 is 2.73 bits per heavy atom. The van der Waals surface area contributed by atoms with Crippen LogP contribution in [0.1, 0.15) is 32.4 Å². The SMILES string of the molecule is CC(C)(C)NC[C@H](O)c1ccnc(N)c1. The molecule has 84 valence electrons. The van der Waals surface area contributed by atoms with Crippen LogP contribution in [0.15, 0.2) is 18.3 Å². The molecule has 4 N–H and O–H groups in total. The fourth-order valence-electron chi connectivity index (χ4n) is 1.19. The second-order valence-corrected chi connectivity index (χ2v) is 4.66. The topological polar surface area (TPSA) is 71.2 Å². The molecule has 0 saturated carbocycles. The van der Waals surface area contributed by atoms with Crippen molar-refractivity contribution in [3.63, 3.8) is 0 Å². The third kappa shape index (κ3) is 4.27. The third-order valence-electron chi connectivity index (χ3n) is 2.02. The third-order valence-corrected chi connectivity index (χ3v) is 2.02. The Morgan fingerprint density at radius 1 is 1.53 bits per heavy atom. The molecule has 0 spiro atoms. The van der Waals surface area contributed by atoms with Gasteiger partial charge in [0, 0.05) is 18.3 Å². The molecule has 1 aromatic rings. The molecule has 15 heavy (non-hydrogen) atoms. The number of aliphatic hydroxyl groups is 1. The highest BCUT2D eigenvalue weighted by Crippen LogP contribution is 2.14. The number of nitrogens with one attached hydrogen (secondary N) is 1. The Kier molecular flexibility index (Phi) is 3.66. The Hall–Kier alpha value is -1.13. The number of nitrogen functional groups attached to an aromatic ring is 1. The van der Waals surface area contributed by atoms with Gasteiger partial charge in [0.15, 0.2) is 0 Å². The average Bonchev–Trinajstić information content (AvgIpc) is 2.13. The van der Waals surface area contributed by atoms with E-state index in [2.05, 4.69) is 31.1 Å². The van der Waals surface area contributed by atoms with Gasteiger partial charge in [-0.3, -0.25) is 0 Å². The summed E-state index contributed by atoms with van der Waals surface area (Å²) in [5.74, 6) is 0.433. The lowest BCUT2D eigenvalue weighted by atomic mass is 10.1. The fraction of sp³-hybridized carbons (Fsp3) is 0.545. The summed E-state index contributed by atoms with van der Waals surface area (Å²) in [6.07, 6.45) is 1.06. The monoisotopic (exact) mass is 209 g/mol. The van der Waals surface area contributed by atoms with Crippen molar-refractivity contribution >= 4 is 5.82 Å². The summed E-state index contributed by atoms with van der Waals surface area (Å²) in [6, 6.07) is 3.46. The van der Waals surface area contributed by atoms with E-state index in [4.69, 9.17) is 5.73 Å². The number of hydrogen-bond acceptors (Lipinski definition) is 4. The molecule has 1 rings (SSSR count). The van der Waals surface area contributed by atoms with Crippen LogP contribution in [0.2, 0.25) is 0 Å². The summed E-state index contributed by atoms with van der Waals surface area (Å²) in [5, 5.41) is 13.1. The van der Waals surface area contributed by atoms with Gasteiger partial charge < -0.3 is 16.2 Å². The molecule has 1 aromatic heterocycles. The largest absolute Gasteiger partial charge is 0.387 e. The molecule has 1 atom stereocenters. The summed E-state index contributed by atoms with van der Waals surface area (Å²) in [4.78, 5) is 3.88. The van der Waals surface area contributed by atoms with Crippen molar-refractivity contribution < 1.29 is 5.11 Å². The van der Waals surface area contributed by atoms with Crippen molar-refractivity contribution in [3.05, 3.63) is 23.9 Å². The highest BCUT2D eigenvalue weighted by Gasteiger charge is 2.13. The molecule has 0 fully saturated rings. The Labute approximate surface area is 90.5 Å². The molecular formula is C11H19N3O. The summed E-state index contributed by atoms with van der Waals surface area (Å²) in [6.45, 7) is 6.68. The molecule has 0 aliphatic rings. The van der Waals surface area contributed by atoms with Gasteiger partial charge >= 0.3 is 0 Å². The zero-order valence-electron chi connectivity index (χ0n) is 9.49. The molecule has 4 heteroatoms. The van der Waals surface area contributed by atoms with Crippen LogP contribution in [0.25, 0.3) is 0 Å². The number of nitrogens with zero attached hydrogens (tertiary/aromatic N) is 1. The predicted molar refractivity (Wildman–Crippen MR) is 61.4 cm³/mol. The van der Waals surface area contributed by atoms with Crippen LogP contribution in [0, 0.1) is 0 Å². The van der Waals surface area contributed by atoms with Crippen molar-refractivity contribution in [2.75, 3.05) is 12.3 Å². The summed E-state index contributed by atoms with van der Waals surface area (Å²) in [5.41, 5.74) is 6.33. The van der Waals surface area contributed by atoms with Gasteiger partial charge in [0.25, 0.3) is 0 Å². The minimum atomic E-state index is -0.547. The first-order chi connectivity index (χ1) is 6.88. The molecule has 4 nitrogen and oxygen atoms in total. The van der Waals surface area contributed by atoms with Crippen LogP contribution >= 0.6 is 0 Å². The summed E-state index contributed by atoms with van der Waals surface area (Å²) < 4.78 is 0. The van der Waals surface area contributed by atoms with Gasteiger partial charge in [0.05, 0.1) is 6.10 Å². The zero-order chi connectivity index (χ0) is 11.5. The van der Waals surface area contributed by atoms with Crippen LogP contribution in [-0.4, -0.2) is 22.2 Å². The first-order valence-corrected chi connectivity index (χ1v) is 5.03. The predicted octanol–water partition coefficient (Wildman–Crippen LogP) is 1.09. The summed E-state index contributed by atoms with van der Waals surface area (Å²) in [7, 11) is 0. The van der Waals surface area contributed by atoms with E-state index in [1.807, 2.05) is 0 Å². The minimum absolute atomic E-state index is 0.000441. The number of hydrogen-bond donors (Lipinski definition) is 3. The van der Waals surface area contributed by atoms with Gasteiger partial charge in [-0.25, -0.2) is 4.98 Å². The van der Waals surface area contributed by atoms with E-state index in [-0.39, 0.29) is 5.54 Å². The van der Waals surface area contributed by atoms with Crippen LogP contribution in [-0.2, 0) is 0 Å². The lowest BCUT2D eigenvalue weighted by Gasteiger charge is -2.23. The molecule has 1 heterocycles. The number of nitrogens with two attached hydrogens (primary N) is 1. The number of β-amino-alcohol motifs (C(OH)–C–C–N with tert-alkyl or cyclic N) is 1. The molecule has 0 aromatic carbocycles. The number of anilines is 1. The Morgan fingerprint density at radius 2 is 2.20 bits per heavy atom. The maximum atomic E-state index is 9.86. The van der Waals surface area contributed by atoms with E-state index in [0.717, 1.165) is 5.56 Å². The first kappa shape index (κ1) is 11.9. The van der Waals surface area contributed by atoms with Gasteiger partial charge in [0.1, 0.15) is 5.82 Å². The van der Waals surface area contributed by atoms with Gasteiger partial charge in [-0.05, 0) is 38.5 Å². The van der Waals surface area contributed by atoms with Crippen molar-refractivity contribution in [3.8, 4) is 0 Å². The van der Waals surface area contributed by atoms with E-state index < -0.39 is 6.10 Å². The second-order valence-electron chi connectivity index (χ2n) is 4.66. The lowest BCUT2D eigenvalue weighted by Crippen LogP contribution is -2.38. The number of rotatable bonds is 3. The van der Waals surface area contributed by atoms with E-state index >= 15 is 0 Å². The smallest absolute Gasteiger partial charge is 0.123 e. The maximum absolute atomic E-state index is 9.86. The van der Waals surface area contributed by atoms with Crippen LogP contribution in [0.4, 0.5) is 5.82 Å². The first-order valence-electron chi connectivity index (χ1n) is 5.03. The van der Waals surface area contributed by atoms with E-state index in [0.29, 0.717) is 12.4 Å². The molecule has 0 bridgehead atoms. The second kappa shape index (κ2) is 4.59. The van der Waals surface area contributed by atoms with Gasteiger partial charge in [-0.15, -0.1) is 0 Å². The Bertz CT molecular complexity index is 320. The summed E-state index contributed by atoms with van der Waals surface area (Å²) >= 11 is 0. The quantitative estimate of drug-likeness (QED) is 0.696. The molecule has 0 aliphatic carbocycles. The molecular weight excluding hydrogens is 190 g/mol. The fourth-order valence-corrected chi connectivity index (χ4v) is 1.19. The Balaban J connectivity index is 2.58. The van der Waals surface area contributed by atoms with Crippen LogP contribution < -0.4 is 11.1 Å². The van der Waals surface area contributed by atoms with Crippen molar-refractivity contribution in [2.45, 2.75) is 32.4 Å². The van der Waals surface area contributed by atoms with Crippen LogP contribution in [0.3, 0.4) is 0 Å². The highest BCUT2D eigenvalue weighted by atomic mass is 16.3. The molecule has 0 amide bonds. The number of aliphatic hydroxyl groups excluding tert-OH is 1. The molecule has 0 radical (unpaired) electrons. The van der Waals surface area contributed by atoms with Crippen molar-refractivity contribution in [2.24, 2.45) is 0 Å². The molecule has 0 saturated heterocycles. The van der Waals surface area contributed by atoms with E-state index in [1.165, 1.54) is 0 Å². The zero-order valence-corrected chi connectivity index (χ0v) is 9.49. The highest BCUT2D eigenvalue weighted by molar-refractivity contribution is 5.32. The van der Waals surface area contributed by atoms with Crippen molar-refractivity contribution in [1.29, 1.82) is 0 Å². The van der Waals surface area contributed by atoms with E-state index in [1.54, 1.807) is 18.3 Å². The average molecular weight is 209 g/mol. The standard InChI is InChI=1S/C11H19N3O/c1-11(2,3)14-7-9(15)8-4-5-13-10(12)6-8/h4-6,9,14-15H,7H2,1-3H3,(H2,12,13)/t9-/m0/s1. The minimum Gasteiger partial charge on any atom is -0.387 e. The number of aromatic nitrogens is 1. The van der Waals surface area contributed by atoms with Gasteiger partial charge in [-0.2, -0.15) is 0 Å². The lowest BCUT2D eigenvalue weighted by molar-refractivity contribution is 0.163. The molecule has 0 aliphatic heterocycles. The maximum Gasteiger partial charge on any atom is 0.123 e. The molecule has 0 unspecified atom stereocenters.